The first-order valence-electron chi connectivity index (χ1n) is 17.8. The third-order valence-electron chi connectivity index (χ3n) is 10.9. The standard InChI is InChI=1S/C39H47FN4O7Si/c1-24-36(52(3,4)40)33(21-34(46)44-22-27-10-6-5-9-26(27)19-30(44)23-45)51-39(24)31-20-29(42-37(48)25-12-14-28(41)15-13-25)16-17-32(31)43(38(39)49)18-8-7-11-35(47)50-2/h5-6,9-10,12-17,20,24,30,33,36,45H,7-8,11,18-19,21-23,41H2,1-4H3,(H,42,48)/t24-,30-,33+,36-,39+/m0/s1. The van der Waals surface area contributed by atoms with Crippen molar-refractivity contribution in [2.24, 2.45) is 5.92 Å². The number of aliphatic hydroxyl groups is 1. The maximum absolute atomic E-state index is 16.5. The fourth-order valence-electron chi connectivity index (χ4n) is 8.36. The molecule has 1 saturated heterocycles. The van der Waals surface area contributed by atoms with Crippen molar-refractivity contribution < 1.29 is 37.9 Å². The normalized spacial score (nSPS) is 23.8. The fourth-order valence-corrected chi connectivity index (χ4v) is 10.9. The number of nitrogens with one attached hydrogen (secondary N) is 1. The maximum atomic E-state index is 16.5. The van der Waals surface area contributed by atoms with Gasteiger partial charge in [0.15, 0.2) is 5.60 Å². The summed E-state index contributed by atoms with van der Waals surface area (Å²) in [5, 5.41) is 13.2. The molecular formula is C39H47FN4O7Si. The average Bonchev–Trinajstić information content (AvgIpc) is 3.55. The van der Waals surface area contributed by atoms with Crippen LogP contribution in [0.2, 0.25) is 18.6 Å². The highest BCUT2D eigenvalue weighted by Crippen LogP contribution is 2.60. The Bertz CT molecular complexity index is 1850. The number of carbonyl (C=O) groups is 4. The number of unbranched alkanes of at least 4 members (excludes halogenated alkanes) is 1. The van der Waals surface area contributed by atoms with Gasteiger partial charge in [-0.3, -0.25) is 19.2 Å². The number of ether oxygens (including phenoxy) is 2. The minimum absolute atomic E-state index is 0.162. The molecule has 3 heterocycles. The van der Waals surface area contributed by atoms with Crippen LogP contribution in [-0.4, -0.2) is 74.5 Å². The van der Waals surface area contributed by atoms with Crippen LogP contribution in [0.3, 0.4) is 0 Å². The lowest BCUT2D eigenvalue weighted by Gasteiger charge is -2.37. The van der Waals surface area contributed by atoms with Gasteiger partial charge in [0.25, 0.3) is 11.8 Å². The summed E-state index contributed by atoms with van der Waals surface area (Å²) in [5.41, 5.74) is 7.90. The molecule has 3 aliphatic rings. The molecule has 13 heteroatoms. The van der Waals surface area contributed by atoms with E-state index < -0.39 is 37.6 Å². The Balaban J connectivity index is 1.34. The second kappa shape index (κ2) is 14.8. The number of hydrogen-bond donors (Lipinski definition) is 3. The highest BCUT2D eigenvalue weighted by atomic mass is 28.4. The fraction of sp³-hybridized carbons (Fsp3) is 0.436. The number of amides is 3. The number of esters is 1. The predicted octanol–water partition coefficient (Wildman–Crippen LogP) is 5.32. The van der Waals surface area contributed by atoms with Gasteiger partial charge in [-0.15, -0.1) is 0 Å². The van der Waals surface area contributed by atoms with Crippen LogP contribution in [0.25, 0.3) is 0 Å². The molecule has 0 aromatic heterocycles. The number of anilines is 3. The summed E-state index contributed by atoms with van der Waals surface area (Å²) in [6.45, 7) is 5.34. The minimum atomic E-state index is -3.60. The Kier molecular flexibility index (Phi) is 10.6. The maximum Gasteiger partial charge on any atom is 0.305 e. The number of nitrogens with two attached hydrogens (primary N) is 1. The molecule has 3 aliphatic heterocycles. The quantitative estimate of drug-likeness (QED) is 0.0789. The number of benzene rings is 3. The zero-order valence-corrected chi connectivity index (χ0v) is 31.1. The Labute approximate surface area is 304 Å². The van der Waals surface area contributed by atoms with Crippen LogP contribution >= 0.6 is 0 Å². The molecule has 52 heavy (non-hydrogen) atoms. The van der Waals surface area contributed by atoms with Gasteiger partial charge in [0.1, 0.15) is 0 Å². The second-order valence-electron chi connectivity index (χ2n) is 14.6. The van der Waals surface area contributed by atoms with E-state index in [9.17, 15) is 24.3 Å². The van der Waals surface area contributed by atoms with Crippen molar-refractivity contribution in [3.8, 4) is 0 Å². The molecule has 5 atom stereocenters. The second-order valence-corrected chi connectivity index (χ2v) is 18.4. The van der Waals surface area contributed by atoms with Gasteiger partial charge < -0.3 is 39.5 Å². The third kappa shape index (κ3) is 6.96. The van der Waals surface area contributed by atoms with Gasteiger partial charge >= 0.3 is 5.97 Å². The average molecular weight is 731 g/mol. The van der Waals surface area contributed by atoms with Crippen molar-refractivity contribution in [3.05, 3.63) is 89.0 Å². The number of methoxy groups -OCH3 is 1. The SMILES string of the molecule is COC(=O)CCCCN1C(=O)[C@]2(O[C@H](CC(=O)N3Cc4ccccc4C[C@H]3CO)[C@@H]([Si](C)(C)F)[C@@H]2C)c2cc(NC(=O)c3ccc(N)cc3)ccc21. The minimum Gasteiger partial charge on any atom is -0.469 e. The molecule has 3 aromatic rings. The highest BCUT2D eigenvalue weighted by Gasteiger charge is 2.67. The van der Waals surface area contributed by atoms with Crippen LogP contribution < -0.4 is 16.0 Å². The first-order chi connectivity index (χ1) is 24.8. The number of fused-ring (bicyclic) bond motifs is 3. The van der Waals surface area contributed by atoms with Gasteiger partial charge in [0, 0.05) is 53.5 Å². The van der Waals surface area contributed by atoms with Crippen molar-refractivity contribution in [1.82, 2.24) is 4.90 Å². The van der Waals surface area contributed by atoms with Crippen LogP contribution in [0.5, 0.6) is 0 Å². The van der Waals surface area contributed by atoms with E-state index in [-0.39, 0.29) is 49.7 Å². The molecule has 276 valence electrons. The van der Waals surface area contributed by atoms with Gasteiger partial charge in [0.2, 0.25) is 14.3 Å². The Morgan fingerprint density at radius 2 is 1.79 bits per heavy atom. The number of nitrogen functional groups attached to an aromatic ring is 1. The van der Waals surface area contributed by atoms with E-state index in [0.717, 1.165) is 11.1 Å². The summed E-state index contributed by atoms with van der Waals surface area (Å²) in [5.74, 6) is -2.03. The summed E-state index contributed by atoms with van der Waals surface area (Å²) >= 11 is 0. The van der Waals surface area contributed by atoms with Crippen LogP contribution in [0.4, 0.5) is 21.2 Å². The number of hydrogen-bond acceptors (Lipinski definition) is 8. The molecule has 3 aromatic carbocycles. The summed E-state index contributed by atoms with van der Waals surface area (Å²) in [4.78, 5) is 57.2. The molecule has 1 fully saturated rings. The van der Waals surface area contributed by atoms with Crippen molar-refractivity contribution in [3.63, 3.8) is 0 Å². The molecule has 1 spiro atoms. The lowest BCUT2D eigenvalue weighted by Crippen LogP contribution is -2.48. The zero-order valence-electron chi connectivity index (χ0n) is 30.1. The van der Waals surface area contributed by atoms with Gasteiger partial charge in [-0.25, -0.2) is 0 Å². The Morgan fingerprint density at radius 3 is 2.46 bits per heavy atom. The molecule has 6 rings (SSSR count). The third-order valence-corrected chi connectivity index (χ3v) is 13.4. The van der Waals surface area contributed by atoms with Gasteiger partial charge in [-0.05, 0) is 85.9 Å². The first-order valence-corrected chi connectivity index (χ1v) is 20.8. The molecule has 0 bridgehead atoms. The number of nitrogens with zero attached hydrogens (tertiary/aromatic N) is 2. The molecule has 4 N–H and O–H groups in total. The van der Waals surface area contributed by atoms with Crippen LogP contribution in [0.1, 0.15) is 59.7 Å². The molecule has 0 saturated carbocycles. The number of carbonyl (C=O) groups excluding carboxylic acids is 4. The first kappa shape index (κ1) is 37.2. The van der Waals surface area contributed by atoms with Gasteiger partial charge in [-0.2, -0.15) is 0 Å². The topological polar surface area (TPSA) is 152 Å². The Morgan fingerprint density at radius 1 is 1.08 bits per heavy atom. The summed E-state index contributed by atoms with van der Waals surface area (Å²) in [7, 11) is -2.27. The largest absolute Gasteiger partial charge is 0.469 e. The van der Waals surface area contributed by atoms with Crippen molar-refractivity contribution in [2.45, 2.75) is 82.0 Å². The lowest BCUT2D eigenvalue weighted by atomic mass is 9.82. The van der Waals surface area contributed by atoms with Crippen molar-refractivity contribution in [2.75, 3.05) is 36.2 Å². The lowest BCUT2D eigenvalue weighted by molar-refractivity contribution is -0.151. The van der Waals surface area contributed by atoms with E-state index >= 15 is 4.11 Å². The molecule has 0 unspecified atom stereocenters. The monoisotopic (exact) mass is 730 g/mol. The number of halogens is 1. The molecular weight excluding hydrogens is 684 g/mol. The Hall–Kier alpha value is -4.59. The van der Waals surface area contributed by atoms with Gasteiger partial charge in [-0.1, -0.05) is 31.2 Å². The van der Waals surface area contributed by atoms with Crippen LogP contribution in [0, 0.1) is 5.92 Å². The van der Waals surface area contributed by atoms with Gasteiger partial charge in [0.05, 0.1) is 38.0 Å². The van der Waals surface area contributed by atoms with Crippen molar-refractivity contribution >= 4 is 49.2 Å². The van der Waals surface area contributed by atoms with Crippen LogP contribution in [0.15, 0.2) is 66.7 Å². The van der Waals surface area contributed by atoms with E-state index in [1.54, 1.807) is 65.4 Å². The highest BCUT2D eigenvalue weighted by molar-refractivity contribution is 6.72. The molecule has 3 amide bonds. The molecule has 0 aliphatic carbocycles. The van der Waals surface area contributed by atoms with Crippen LogP contribution in [-0.2, 0) is 42.4 Å². The number of rotatable bonds is 11. The molecule has 0 radical (unpaired) electrons. The summed E-state index contributed by atoms with van der Waals surface area (Å²) < 4.78 is 28.2. The van der Waals surface area contributed by atoms with Crippen molar-refractivity contribution in [1.29, 1.82) is 0 Å². The van der Waals surface area contributed by atoms with E-state index in [0.29, 0.717) is 54.0 Å². The predicted molar refractivity (Wildman–Crippen MR) is 198 cm³/mol. The van der Waals surface area contributed by atoms with E-state index in [4.69, 9.17) is 15.2 Å². The summed E-state index contributed by atoms with van der Waals surface area (Å²) in [6, 6.07) is 19.0. The van der Waals surface area contributed by atoms with E-state index in [2.05, 4.69) is 5.32 Å². The zero-order chi connectivity index (χ0) is 37.4. The van der Waals surface area contributed by atoms with E-state index in [1.807, 2.05) is 31.2 Å². The summed E-state index contributed by atoms with van der Waals surface area (Å²) in [6.07, 6.45) is 0.594. The number of aliphatic hydroxyl groups excluding tert-OH is 1. The smallest absolute Gasteiger partial charge is 0.305 e. The van der Waals surface area contributed by atoms with E-state index in [1.165, 1.54) is 7.11 Å². The molecule has 11 nitrogen and oxygen atoms in total.